The number of anilines is 2. The molecule has 0 unspecified atom stereocenters. The Labute approximate surface area is 201 Å². The van der Waals surface area contributed by atoms with Gasteiger partial charge in [0.25, 0.3) is 5.69 Å². The molecule has 0 bridgehead atoms. The van der Waals surface area contributed by atoms with Crippen molar-refractivity contribution in [1.29, 1.82) is 0 Å². The predicted octanol–water partition coefficient (Wildman–Crippen LogP) is 4.86. The molecule has 1 saturated heterocycles. The highest BCUT2D eigenvalue weighted by Crippen LogP contribution is 2.35. The van der Waals surface area contributed by atoms with Gasteiger partial charge in [0.1, 0.15) is 5.02 Å². The summed E-state index contributed by atoms with van der Waals surface area (Å²) in [7, 11) is 0. The smallest absolute Gasteiger partial charge is 0.288 e. The maximum absolute atomic E-state index is 12.6. The molecule has 10 heteroatoms. The van der Waals surface area contributed by atoms with Crippen molar-refractivity contribution >= 4 is 58.2 Å². The minimum atomic E-state index is -0.577. The molecule has 33 heavy (non-hydrogen) atoms. The summed E-state index contributed by atoms with van der Waals surface area (Å²) in [6.07, 6.45) is 2.76. The van der Waals surface area contributed by atoms with Gasteiger partial charge in [-0.2, -0.15) is 0 Å². The molecule has 2 aromatic rings. The molecule has 8 nitrogen and oxygen atoms in total. The van der Waals surface area contributed by atoms with Gasteiger partial charge in [-0.05, 0) is 29.8 Å². The second kappa shape index (κ2) is 10.7. The van der Waals surface area contributed by atoms with Gasteiger partial charge in [-0.25, -0.2) is 0 Å². The quantitative estimate of drug-likeness (QED) is 0.354. The molecule has 1 aliphatic heterocycles. The lowest BCUT2D eigenvalue weighted by atomic mass is 10.1. The first-order valence-electron chi connectivity index (χ1n) is 10.4. The van der Waals surface area contributed by atoms with Crippen LogP contribution in [0.4, 0.5) is 17.1 Å². The molecule has 1 heterocycles. The first-order valence-corrected chi connectivity index (χ1v) is 11.2. The summed E-state index contributed by atoms with van der Waals surface area (Å²) in [4.78, 5) is 39.2. The molecule has 0 aromatic heterocycles. The molecule has 1 fully saturated rings. The molecule has 2 aromatic carbocycles. The number of hydrogen-bond donors (Lipinski definition) is 1. The Morgan fingerprint density at radius 1 is 1.09 bits per heavy atom. The summed E-state index contributed by atoms with van der Waals surface area (Å²) in [5, 5.41) is 14.4. The number of para-hydroxylation sites is 1. The lowest BCUT2D eigenvalue weighted by Gasteiger charge is -2.38. The van der Waals surface area contributed by atoms with Crippen LogP contribution in [-0.4, -0.2) is 47.8 Å². The maximum atomic E-state index is 12.6. The van der Waals surface area contributed by atoms with Crippen molar-refractivity contribution < 1.29 is 14.5 Å². The summed E-state index contributed by atoms with van der Waals surface area (Å²) < 4.78 is 0. The van der Waals surface area contributed by atoms with Crippen LogP contribution in [0.1, 0.15) is 19.4 Å². The molecule has 1 aliphatic rings. The second-order valence-electron chi connectivity index (χ2n) is 7.89. The number of hydrogen-bond acceptors (Lipinski definition) is 5. The number of piperazine rings is 1. The third kappa shape index (κ3) is 6.03. The summed E-state index contributed by atoms with van der Waals surface area (Å²) >= 11 is 12.3. The molecule has 3 rings (SSSR count). The van der Waals surface area contributed by atoms with E-state index in [9.17, 15) is 19.7 Å². The van der Waals surface area contributed by atoms with E-state index in [0.29, 0.717) is 48.1 Å². The molecular weight excluding hydrogens is 467 g/mol. The number of rotatable bonds is 6. The van der Waals surface area contributed by atoms with Crippen LogP contribution in [0.3, 0.4) is 0 Å². The minimum absolute atomic E-state index is 0.0281. The molecule has 0 aliphatic carbocycles. The molecule has 0 radical (unpaired) electrons. The van der Waals surface area contributed by atoms with E-state index in [4.69, 9.17) is 23.2 Å². The van der Waals surface area contributed by atoms with Crippen molar-refractivity contribution in [3.63, 3.8) is 0 Å². The first kappa shape index (κ1) is 24.5. The highest BCUT2D eigenvalue weighted by molar-refractivity contribution is 6.34. The molecule has 2 amide bonds. The number of carbonyl (C=O) groups excluding carboxylic acids is 2. The van der Waals surface area contributed by atoms with Crippen LogP contribution in [0.15, 0.2) is 42.5 Å². The fourth-order valence-corrected chi connectivity index (χ4v) is 4.05. The number of nitrogens with one attached hydrogen (secondary N) is 1. The topological polar surface area (TPSA) is 95.8 Å². The lowest BCUT2D eigenvalue weighted by Crippen LogP contribution is -2.50. The van der Waals surface area contributed by atoms with Gasteiger partial charge in [0.2, 0.25) is 11.8 Å². The largest absolute Gasteiger partial charge is 0.365 e. The fraction of sp³-hybridized carbons (Fsp3) is 0.304. The van der Waals surface area contributed by atoms with Crippen LogP contribution >= 0.6 is 23.2 Å². The van der Waals surface area contributed by atoms with Crippen molar-refractivity contribution in [2.75, 3.05) is 36.4 Å². The average Bonchev–Trinajstić information content (AvgIpc) is 2.78. The summed E-state index contributed by atoms with van der Waals surface area (Å²) in [5.74, 6) is -0.347. The minimum Gasteiger partial charge on any atom is -0.365 e. The van der Waals surface area contributed by atoms with E-state index < -0.39 is 10.8 Å². The predicted molar refractivity (Wildman–Crippen MR) is 131 cm³/mol. The Kier molecular flexibility index (Phi) is 7.94. The fourth-order valence-electron chi connectivity index (χ4n) is 3.57. The molecule has 0 atom stereocenters. The Hall–Kier alpha value is -3.10. The zero-order chi connectivity index (χ0) is 24.1. The van der Waals surface area contributed by atoms with E-state index in [1.807, 2.05) is 23.6 Å². The van der Waals surface area contributed by atoms with Crippen LogP contribution in [-0.2, 0) is 9.59 Å². The molecule has 174 valence electrons. The van der Waals surface area contributed by atoms with Crippen LogP contribution in [0.25, 0.3) is 6.08 Å². The Bertz CT molecular complexity index is 1100. The Morgan fingerprint density at radius 3 is 2.42 bits per heavy atom. The first-order chi connectivity index (χ1) is 15.7. The zero-order valence-electron chi connectivity index (χ0n) is 18.3. The Balaban J connectivity index is 1.72. The van der Waals surface area contributed by atoms with Gasteiger partial charge in [-0.3, -0.25) is 19.7 Å². The molecule has 0 saturated carbocycles. The van der Waals surface area contributed by atoms with Gasteiger partial charge in [-0.15, -0.1) is 0 Å². The van der Waals surface area contributed by atoms with E-state index in [-0.39, 0.29) is 22.5 Å². The highest BCUT2D eigenvalue weighted by Gasteiger charge is 2.25. The number of amides is 2. The van der Waals surface area contributed by atoms with E-state index in [0.717, 1.165) is 0 Å². The van der Waals surface area contributed by atoms with E-state index in [1.165, 1.54) is 24.3 Å². The summed E-state index contributed by atoms with van der Waals surface area (Å²) in [5.41, 5.74) is 1.48. The SMILES string of the molecule is CC(C)C(=O)N1CCN(c2c(Cl)cccc2NC(=O)/C=C/c2ccc(Cl)c([N+](=O)[O-])c2)CC1. The van der Waals surface area contributed by atoms with Crippen molar-refractivity contribution in [1.82, 2.24) is 4.90 Å². The van der Waals surface area contributed by atoms with Crippen molar-refractivity contribution in [2.24, 2.45) is 5.92 Å². The monoisotopic (exact) mass is 490 g/mol. The number of carbonyl (C=O) groups is 2. The second-order valence-corrected chi connectivity index (χ2v) is 8.71. The zero-order valence-corrected chi connectivity index (χ0v) is 19.8. The van der Waals surface area contributed by atoms with Gasteiger partial charge < -0.3 is 15.1 Å². The van der Waals surface area contributed by atoms with Gasteiger partial charge in [0, 0.05) is 44.2 Å². The van der Waals surface area contributed by atoms with E-state index in [1.54, 1.807) is 24.3 Å². The van der Waals surface area contributed by atoms with Gasteiger partial charge >= 0.3 is 0 Å². The number of benzene rings is 2. The van der Waals surface area contributed by atoms with Crippen molar-refractivity contribution in [3.8, 4) is 0 Å². The van der Waals surface area contributed by atoms with Gasteiger partial charge in [0.15, 0.2) is 0 Å². The number of nitro groups is 1. The third-order valence-corrected chi connectivity index (χ3v) is 5.86. The van der Waals surface area contributed by atoms with Crippen molar-refractivity contribution in [2.45, 2.75) is 13.8 Å². The van der Waals surface area contributed by atoms with Gasteiger partial charge in [0.05, 0.1) is 21.3 Å². The summed E-state index contributed by atoms with van der Waals surface area (Å²) in [6, 6.07) is 9.55. The van der Waals surface area contributed by atoms with Crippen molar-refractivity contribution in [3.05, 3.63) is 68.2 Å². The third-order valence-electron chi connectivity index (χ3n) is 5.24. The van der Waals surface area contributed by atoms with Crippen LogP contribution in [0.2, 0.25) is 10.0 Å². The Morgan fingerprint density at radius 2 is 1.79 bits per heavy atom. The molecule has 1 N–H and O–H groups in total. The van der Waals surface area contributed by atoms with Crippen LogP contribution in [0, 0.1) is 16.0 Å². The normalized spacial score (nSPS) is 14.1. The molecular formula is C23H24Cl2N4O4. The summed E-state index contributed by atoms with van der Waals surface area (Å²) in [6.45, 7) is 6.10. The van der Waals surface area contributed by atoms with Crippen LogP contribution in [0.5, 0.6) is 0 Å². The standard InChI is InChI=1S/C23H24Cl2N4O4/c1-15(2)23(31)28-12-10-27(11-13-28)22-18(25)4-3-5-19(22)26-21(30)9-7-16-6-8-17(24)20(14-16)29(32)33/h3-9,14-15H,10-13H2,1-2H3,(H,26,30)/b9-7+. The van der Waals surface area contributed by atoms with Crippen LogP contribution < -0.4 is 10.2 Å². The van der Waals surface area contributed by atoms with E-state index >= 15 is 0 Å². The van der Waals surface area contributed by atoms with E-state index in [2.05, 4.69) is 5.32 Å². The number of nitro benzene ring substituents is 1. The van der Waals surface area contributed by atoms with Gasteiger partial charge in [-0.1, -0.05) is 49.2 Å². The highest BCUT2D eigenvalue weighted by atomic mass is 35.5. The maximum Gasteiger partial charge on any atom is 0.288 e. The number of nitrogens with zero attached hydrogens (tertiary/aromatic N) is 3. The average molecular weight is 491 g/mol. The number of halogens is 2. The lowest BCUT2D eigenvalue weighted by molar-refractivity contribution is -0.384. The molecule has 0 spiro atoms.